The number of ether oxygens (including phenoxy) is 1. The predicted octanol–water partition coefficient (Wildman–Crippen LogP) is 4.17. The van der Waals surface area contributed by atoms with Crippen molar-refractivity contribution in [2.45, 2.75) is 45.3 Å². The second-order valence-corrected chi connectivity index (χ2v) is 7.48. The maximum absolute atomic E-state index is 12.7. The highest BCUT2D eigenvalue weighted by Gasteiger charge is 2.27. The molecule has 1 aliphatic rings. The molecule has 0 aliphatic carbocycles. The van der Waals surface area contributed by atoms with E-state index in [0.29, 0.717) is 37.1 Å². The molecule has 3 aromatic rings. The smallest absolute Gasteiger partial charge is 0.289 e. The molecule has 0 aromatic carbocycles. The van der Waals surface area contributed by atoms with E-state index < -0.39 is 0 Å². The fourth-order valence-electron chi connectivity index (χ4n) is 3.55. The highest BCUT2D eigenvalue weighted by Crippen LogP contribution is 2.28. The number of hydrogen-bond donors (Lipinski definition) is 0. The number of hydrogen-bond acceptors (Lipinski definition) is 5. The number of likely N-dealkylation sites (tertiary alicyclic amines) is 1. The normalized spacial score (nSPS) is 15.5. The summed E-state index contributed by atoms with van der Waals surface area (Å²) < 4.78 is 11.2. The van der Waals surface area contributed by atoms with Crippen LogP contribution in [-0.2, 0) is 11.3 Å². The molecule has 4 rings (SSSR count). The van der Waals surface area contributed by atoms with Crippen LogP contribution in [0.1, 0.15) is 54.6 Å². The third kappa shape index (κ3) is 4.07. The average molecular weight is 379 g/mol. The Bertz CT molecular complexity index is 958. The summed E-state index contributed by atoms with van der Waals surface area (Å²) in [4.78, 5) is 23.7. The third-order valence-electron chi connectivity index (χ3n) is 5.12. The molecule has 4 heterocycles. The molecule has 0 bridgehead atoms. The highest BCUT2D eigenvalue weighted by molar-refractivity contribution is 5.91. The Kier molecular flexibility index (Phi) is 5.39. The molecule has 0 spiro atoms. The van der Waals surface area contributed by atoms with E-state index in [-0.39, 0.29) is 12.0 Å². The Morgan fingerprint density at radius 3 is 2.82 bits per heavy atom. The number of carbonyl (C=O) groups excluding carboxylic acids is 1. The Hall–Kier alpha value is -2.73. The van der Waals surface area contributed by atoms with Crippen LogP contribution in [0, 0.1) is 0 Å². The second-order valence-electron chi connectivity index (χ2n) is 7.48. The summed E-state index contributed by atoms with van der Waals surface area (Å²) in [6, 6.07) is 11.6. The largest absolute Gasteiger partial charge is 0.453 e. The molecule has 1 saturated heterocycles. The van der Waals surface area contributed by atoms with Crippen molar-refractivity contribution in [2.75, 3.05) is 13.1 Å². The summed E-state index contributed by atoms with van der Waals surface area (Å²) in [7, 11) is 0. The first-order chi connectivity index (χ1) is 13.6. The van der Waals surface area contributed by atoms with E-state index in [1.165, 1.54) is 0 Å². The Labute approximate surface area is 164 Å². The van der Waals surface area contributed by atoms with Crippen LogP contribution in [-0.4, -0.2) is 40.0 Å². The number of fused-ring (bicyclic) bond motifs is 1. The topological polar surface area (TPSA) is 68.5 Å². The summed E-state index contributed by atoms with van der Waals surface area (Å²) in [6.07, 6.45) is 3.68. The lowest BCUT2D eigenvalue weighted by atomic mass is 9.92. The zero-order valence-corrected chi connectivity index (χ0v) is 16.3. The number of amides is 1. The van der Waals surface area contributed by atoms with E-state index >= 15 is 0 Å². The van der Waals surface area contributed by atoms with Gasteiger partial charge in [0.1, 0.15) is 12.4 Å². The van der Waals surface area contributed by atoms with Crippen molar-refractivity contribution in [2.24, 2.45) is 0 Å². The molecule has 6 heteroatoms. The van der Waals surface area contributed by atoms with E-state index in [4.69, 9.17) is 14.1 Å². The van der Waals surface area contributed by atoms with E-state index in [0.717, 1.165) is 29.6 Å². The van der Waals surface area contributed by atoms with Crippen LogP contribution in [0.5, 0.6) is 0 Å². The van der Waals surface area contributed by atoms with Crippen molar-refractivity contribution < 1.29 is 13.9 Å². The maximum atomic E-state index is 12.7. The van der Waals surface area contributed by atoms with Crippen LogP contribution in [0.2, 0.25) is 0 Å². The van der Waals surface area contributed by atoms with Gasteiger partial charge in [0.25, 0.3) is 5.91 Å². The quantitative estimate of drug-likeness (QED) is 0.666. The predicted molar refractivity (Wildman–Crippen MR) is 106 cm³/mol. The second kappa shape index (κ2) is 8.10. The molecular formula is C22H25N3O3. The monoisotopic (exact) mass is 379 g/mol. The number of aromatic nitrogens is 2. The molecule has 6 nitrogen and oxygen atoms in total. The molecular weight excluding hydrogens is 354 g/mol. The lowest BCUT2D eigenvalue weighted by Crippen LogP contribution is -2.37. The van der Waals surface area contributed by atoms with Crippen molar-refractivity contribution in [3.63, 3.8) is 0 Å². The third-order valence-corrected chi connectivity index (χ3v) is 5.12. The fraction of sp³-hybridized carbons (Fsp3) is 0.409. The van der Waals surface area contributed by atoms with E-state index in [2.05, 4.69) is 17.1 Å². The first-order valence-corrected chi connectivity index (χ1v) is 9.81. The van der Waals surface area contributed by atoms with Gasteiger partial charge in [0.15, 0.2) is 11.4 Å². The summed E-state index contributed by atoms with van der Waals surface area (Å²) in [6.45, 7) is 5.72. The standard InChI is InChI=1S/C22H25N3O3/c1-15(2)27-14-18-6-8-20(28-18)22(26)25-12-9-16(10-13-25)19-7-5-17-4-3-11-23-21(17)24-19/h3-8,11,15-16H,9-10,12-14H2,1-2H3. The summed E-state index contributed by atoms with van der Waals surface area (Å²) in [5.41, 5.74) is 1.84. The number of nitrogens with zero attached hydrogens (tertiary/aromatic N) is 3. The Morgan fingerprint density at radius 1 is 1.21 bits per heavy atom. The molecule has 28 heavy (non-hydrogen) atoms. The van der Waals surface area contributed by atoms with Crippen molar-refractivity contribution in [1.82, 2.24) is 14.9 Å². The summed E-state index contributed by atoms with van der Waals surface area (Å²) in [5, 5.41) is 1.05. The van der Waals surface area contributed by atoms with E-state index in [1.54, 1.807) is 12.3 Å². The summed E-state index contributed by atoms with van der Waals surface area (Å²) >= 11 is 0. The van der Waals surface area contributed by atoms with Gasteiger partial charge >= 0.3 is 0 Å². The van der Waals surface area contributed by atoms with Crippen LogP contribution >= 0.6 is 0 Å². The van der Waals surface area contributed by atoms with Crippen molar-refractivity contribution >= 4 is 16.9 Å². The molecule has 0 N–H and O–H groups in total. The lowest BCUT2D eigenvalue weighted by Gasteiger charge is -2.31. The van der Waals surface area contributed by atoms with Gasteiger partial charge in [0, 0.05) is 36.3 Å². The Balaban J connectivity index is 1.37. The molecule has 146 valence electrons. The van der Waals surface area contributed by atoms with Gasteiger partial charge in [-0.05, 0) is 63.1 Å². The molecule has 3 aromatic heterocycles. The zero-order valence-electron chi connectivity index (χ0n) is 16.3. The van der Waals surface area contributed by atoms with Crippen LogP contribution in [0.15, 0.2) is 47.0 Å². The van der Waals surface area contributed by atoms with E-state index in [9.17, 15) is 4.79 Å². The van der Waals surface area contributed by atoms with Crippen molar-refractivity contribution in [3.05, 3.63) is 59.8 Å². The highest BCUT2D eigenvalue weighted by atomic mass is 16.5. The van der Waals surface area contributed by atoms with E-state index in [1.807, 2.05) is 36.9 Å². The first kappa shape index (κ1) is 18.6. The van der Waals surface area contributed by atoms with Gasteiger partial charge in [-0.2, -0.15) is 0 Å². The number of rotatable bonds is 5. The number of piperidine rings is 1. The lowest BCUT2D eigenvalue weighted by molar-refractivity contribution is 0.0517. The van der Waals surface area contributed by atoms with Crippen LogP contribution in [0.25, 0.3) is 11.0 Å². The van der Waals surface area contributed by atoms with Crippen molar-refractivity contribution in [1.29, 1.82) is 0 Å². The van der Waals surface area contributed by atoms with Crippen LogP contribution < -0.4 is 0 Å². The molecule has 0 radical (unpaired) electrons. The minimum atomic E-state index is -0.0533. The molecule has 0 atom stereocenters. The van der Waals surface area contributed by atoms with Gasteiger partial charge in [0.2, 0.25) is 0 Å². The van der Waals surface area contributed by atoms with Crippen LogP contribution in [0.4, 0.5) is 0 Å². The Morgan fingerprint density at radius 2 is 2.04 bits per heavy atom. The number of furan rings is 1. The first-order valence-electron chi connectivity index (χ1n) is 9.81. The van der Waals surface area contributed by atoms with Gasteiger partial charge in [0.05, 0.1) is 6.10 Å². The fourth-order valence-corrected chi connectivity index (χ4v) is 3.55. The van der Waals surface area contributed by atoms with Crippen LogP contribution in [0.3, 0.4) is 0 Å². The number of pyridine rings is 2. The minimum Gasteiger partial charge on any atom is -0.453 e. The number of carbonyl (C=O) groups is 1. The van der Waals surface area contributed by atoms with Gasteiger partial charge in [-0.1, -0.05) is 0 Å². The average Bonchev–Trinajstić information content (AvgIpc) is 3.20. The van der Waals surface area contributed by atoms with Gasteiger partial charge in [-0.25, -0.2) is 9.97 Å². The molecule has 0 unspecified atom stereocenters. The summed E-state index contributed by atoms with van der Waals surface area (Å²) in [5.74, 6) is 1.36. The minimum absolute atomic E-state index is 0.0533. The van der Waals surface area contributed by atoms with Gasteiger partial charge < -0.3 is 14.1 Å². The molecule has 1 amide bonds. The molecule has 1 aliphatic heterocycles. The molecule has 0 saturated carbocycles. The van der Waals surface area contributed by atoms with Gasteiger partial charge in [-0.3, -0.25) is 4.79 Å². The SMILES string of the molecule is CC(C)OCc1ccc(C(=O)N2CCC(c3ccc4cccnc4n3)CC2)o1. The zero-order chi connectivity index (χ0) is 19.5. The molecule has 1 fully saturated rings. The van der Waals surface area contributed by atoms with Crippen molar-refractivity contribution in [3.8, 4) is 0 Å². The van der Waals surface area contributed by atoms with Gasteiger partial charge in [-0.15, -0.1) is 0 Å². The maximum Gasteiger partial charge on any atom is 0.289 e.